The molecule has 17 heavy (non-hydrogen) atoms. The number of ketones is 2. The maximum atomic E-state index is 12.3. The molecule has 0 amide bonds. The zero-order valence-corrected chi connectivity index (χ0v) is 11.4. The Balaban J connectivity index is 2.27. The van der Waals surface area contributed by atoms with E-state index in [1.54, 1.807) is 12.1 Å². The Bertz CT molecular complexity index is 453. The van der Waals surface area contributed by atoms with Gasteiger partial charge >= 0.3 is 0 Å². The summed E-state index contributed by atoms with van der Waals surface area (Å²) < 4.78 is 0.874. The second-order valence-electron chi connectivity index (χ2n) is 4.69. The van der Waals surface area contributed by atoms with E-state index in [-0.39, 0.29) is 17.5 Å². The Morgan fingerprint density at radius 3 is 2.82 bits per heavy atom. The van der Waals surface area contributed by atoms with Crippen molar-refractivity contribution in [2.24, 2.45) is 11.8 Å². The van der Waals surface area contributed by atoms with Gasteiger partial charge < -0.3 is 0 Å². The van der Waals surface area contributed by atoms with Crippen LogP contribution in [0, 0.1) is 11.8 Å². The fourth-order valence-corrected chi connectivity index (χ4v) is 2.86. The van der Waals surface area contributed by atoms with Crippen LogP contribution in [0.1, 0.15) is 36.5 Å². The molecule has 0 N–H and O–H groups in total. The Morgan fingerprint density at radius 2 is 2.18 bits per heavy atom. The number of benzene rings is 1. The molecular formula is C14H15BrO2. The number of hydrogen-bond acceptors (Lipinski definition) is 2. The molecule has 1 saturated carbocycles. The van der Waals surface area contributed by atoms with Crippen molar-refractivity contribution in [1.82, 2.24) is 0 Å². The molecule has 0 unspecified atom stereocenters. The number of halogens is 1. The molecule has 1 fully saturated rings. The first-order chi connectivity index (χ1) is 8.09. The maximum Gasteiger partial charge on any atom is 0.173 e. The summed E-state index contributed by atoms with van der Waals surface area (Å²) in [6.45, 7) is 2.00. The molecule has 0 radical (unpaired) electrons. The molecule has 0 aromatic heterocycles. The van der Waals surface area contributed by atoms with Gasteiger partial charge in [0.2, 0.25) is 0 Å². The fourth-order valence-electron chi connectivity index (χ4n) is 2.46. The molecular weight excluding hydrogens is 280 g/mol. The first kappa shape index (κ1) is 12.5. The molecule has 0 heterocycles. The zero-order valence-electron chi connectivity index (χ0n) is 9.78. The van der Waals surface area contributed by atoms with Gasteiger partial charge in [-0.25, -0.2) is 0 Å². The molecule has 0 spiro atoms. The predicted octanol–water partition coefficient (Wildman–Crippen LogP) is 3.64. The van der Waals surface area contributed by atoms with E-state index in [4.69, 9.17) is 0 Å². The minimum absolute atomic E-state index is 0.0245. The van der Waals surface area contributed by atoms with Crippen LogP contribution in [0.2, 0.25) is 0 Å². The number of carbonyl (C=O) groups excluding carboxylic acids is 2. The standard InChI is InChI=1S/C14H15BrO2/c1-9-4-2-7-12(16)13(9)14(17)10-5-3-6-11(15)8-10/h3,5-6,8-9,13H,2,4,7H2,1H3/t9-,13+/m0/s1. The maximum absolute atomic E-state index is 12.3. The third-order valence-electron chi connectivity index (χ3n) is 3.39. The molecule has 1 aromatic carbocycles. The molecule has 0 bridgehead atoms. The summed E-state index contributed by atoms with van der Waals surface area (Å²) in [5, 5.41) is 0. The molecule has 1 aromatic rings. The van der Waals surface area contributed by atoms with Crippen molar-refractivity contribution >= 4 is 27.5 Å². The number of carbonyl (C=O) groups is 2. The molecule has 1 aliphatic rings. The summed E-state index contributed by atoms with van der Waals surface area (Å²) in [5.74, 6) is -0.182. The SMILES string of the molecule is C[C@H]1CCCC(=O)[C@@H]1C(=O)c1cccc(Br)c1. The minimum Gasteiger partial charge on any atom is -0.299 e. The highest BCUT2D eigenvalue weighted by Crippen LogP contribution is 2.30. The molecule has 2 rings (SSSR count). The Kier molecular flexibility index (Phi) is 3.77. The van der Waals surface area contributed by atoms with Crippen LogP contribution in [-0.2, 0) is 4.79 Å². The molecule has 0 saturated heterocycles. The monoisotopic (exact) mass is 294 g/mol. The van der Waals surface area contributed by atoms with Crippen molar-refractivity contribution in [2.45, 2.75) is 26.2 Å². The van der Waals surface area contributed by atoms with Crippen molar-refractivity contribution in [3.05, 3.63) is 34.3 Å². The van der Waals surface area contributed by atoms with Crippen molar-refractivity contribution in [3.8, 4) is 0 Å². The van der Waals surface area contributed by atoms with Crippen LogP contribution in [-0.4, -0.2) is 11.6 Å². The van der Waals surface area contributed by atoms with Crippen molar-refractivity contribution in [2.75, 3.05) is 0 Å². The Labute approximate surface area is 110 Å². The van der Waals surface area contributed by atoms with Gasteiger partial charge in [-0.3, -0.25) is 9.59 Å². The Morgan fingerprint density at radius 1 is 1.41 bits per heavy atom. The van der Waals surface area contributed by atoms with Crippen LogP contribution in [0.5, 0.6) is 0 Å². The van der Waals surface area contributed by atoms with E-state index in [2.05, 4.69) is 15.9 Å². The van der Waals surface area contributed by atoms with Gasteiger partial charge in [0.15, 0.2) is 5.78 Å². The highest BCUT2D eigenvalue weighted by atomic mass is 79.9. The van der Waals surface area contributed by atoms with E-state index >= 15 is 0 Å². The largest absolute Gasteiger partial charge is 0.299 e. The van der Waals surface area contributed by atoms with Gasteiger partial charge in [-0.1, -0.05) is 35.0 Å². The van der Waals surface area contributed by atoms with Gasteiger partial charge in [0, 0.05) is 16.5 Å². The van der Waals surface area contributed by atoms with Crippen molar-refractivity contribution in [3.63, 3.8) is 0 Å². The average Bonchev–Trinajstić information content (AvgIpc) is 2.28. The van der Waals surface area contributed by atoms with Gasteiger partial charge in [0.05, 0.1) is 5.92 Å². The van der Waals surface area contributed by atoms with E-state index in [1.807, 2.05) is 19.1 Å². The highest BCUT2D eigenvalue weighted by molar-refractivity contribution is 9.10. The summed E-state index contributed by atoms with van der Waals surface area (Å²) in [7, 11) is 0. The molecule has 2 atom stereocenters. The molecule has 90 valence electrons. The predicted molar refractivity (Wildman–Crippen MR) is 70.0 cm³/mol. The summed E-state index contributed by atoms with van der Waals surface area (Å²) in [6.07, 6.45) is 2.44. The lowest BCUT2D eigenvalue weighted by molar-refractivity contribution is -0.124. The summed E-state index contributed by atoms with van der Waals surface area (Å²) in [6, 6.07) is 7.27. The van der Waals surface area contributed by atoms with Gasteiger partial charge in [-0.05, 0) is 30.9 Å². The van der Waals surface area contributed by atoms with Gasteiger partial charge in [0.1, 0.15) is 5.78 Å². The first-order valence-electron chi connectivity index (χ1n) is 5.92. The van der Waals surface area contributed by atoms with E-state index in [9.17, 15) is 9.59 Å². The summed E-state index contributed by atoms with van der Waals surface area (Å²) >= 11 is 3.35. The summed E-state index contributed by atoms with van der Waals surface area (Å²) in [5.41, 5.74) is 0.631. The second kappa shape index (κ2) is 5.13. The Hall–Kier alpha value is -0.960. The van der Waals surface area contributed by atoms with Crippen LogP contribution >= 0.6 is 15.9 Å². The smallest absolute Gasteiger partial charge is 0.173 e. The lowest BCUT2D eigenvalue weighted by Crippen LogP contribution is -2.33. The van der Waals surface area contributed by atoms with Crippen molar-refractivity contribution in [1.29, 1.82) is 0 Å². The average molecular weight is 295 g/mol. The molecule has 3 heteroatoms. The number of Topliss-reactive ketones (excluding diaryl/α,β-unsaturated/α-hetero) is 2. The van der Waals surface area contributed by atoms with E-state index < -0.39 is 5.92 Å². The zero-order chi connectivity index (χ0) is 12.4. The van der Waals surface area contributed by atoms with Crippen LogP contribution < -0.4 is 0 Å². The van der Waals surface area contributed by atoms with Crippen LogP contribution in [0.25, 0.3) is 0 Å². The molecule has 2 nitrogen and oxygen atoms in total. The number of rotatable bonds is 2. The van der Waals surface area contributed by atoms with Gasteiger partial charge in [-0.2, -0.15) is 0 Å². The van der Waals surface area contributed by atoms with Crippen LogP contribution in [0.15, 0.2) is 28.7 Å². The third kappa shape index (κ3) is 2.65. The molecule has 0 aliphatic heterocycles. The second-order valence-corrected chi connectivity index (χ2v) is 5.60. The third-order valence-corrected chi connectivity index (χ3v) is 3.88. The van der Waals surface area contributed by atoms with Crippen molar-refractivity contribution < 1.29 is 9.59 Å². The number of hydrogen-bond donors (Lipinski definition) is 0. The van der Waals surface area contributed by atoms with Gasteiger partial charge in [-0.15, -0.1) is 0 Å². The van der Waals surface area contributed by atoms with Crippen LogP contribution in [0.4, 0.5) is 0 Å². The minimum atomic E-state index is -0.432. The topological polar surface area (TPSA) is 34.1 Å². The normalized spacial score (nSPS) is 24.7. The lowest BCUT2D eigenvalue weighted by Gasteiger charge is -2.26. The van der Waals surface area contributed by atoms with Crippen LogP contribution in [0.3, 0.4) is 0 Å². The first-order valence-corrected chi connectivity index (χ1v) is 6.71. The summed E-state index contributed by atoms with van der Waals surface area (Å²) in [4.78, 5) is 24.2. The van der Waals surface area contributed by atoms with E-state index in [0.717, 1.165) is 17.3 Å². The fraction of sp³-hybridized carbons (Fsp3) is 0.429. The highest BCUT2D eigenvalue weighted by Gasteiger charge is 2.34. The van der Waals surface area contributed by atoms with E-state index in [1.165, 1.54) is 0 Å². The van der Waals surface area contributed by atoms with Gasteiger partial charge in [0.25, 0.3) is 0 Å². The molecule has 1 aliphatic carbocycles. The van der Waals surface area contributed by atoms with E-state index in [0.29, 0.717) is 12.0 Å². The lowest BCUT2D eigenvalue weighted by atomic mass is 9.75. The quantitative estimate of drug-likeness (QED) is 0.616.